The van der Waals surface area contributed by atoms with Crippen LogP contribution in [0.3, 0.4) is 0 Å². The molecule has 0 spiro atoms. The van der Waals surface area contributed by atoms with Crippen molar-refractivity contribution in [3.63, 3.8) is 0 Å². The summed E-state index contributed by atoms with van der Waals surface area (Å²) in [5.41, 5.74) is 12.4. The Morgan fingerprint density at radius 3 is 1.19 bits per heavy atom. The Labute approximate surface area is 197 Å². The van der Waals surface area contributed by atoms with Crippen molar-refractivity contribution in [1.29, 1.82) is 0 Å². The van der Waals surface area contributed by atoms with Gasteiger partial charge in [-0.05, 0) is 49.2 Å². The summed E-state index contributed by atoms with van der Waals surface area (Å²) in [5.74, 6) is 0. The van der Waals surface area contributed by atoms with E-state index in [2.05, 4.69) is 0 Å². The van der Waals surface area contributed by atoms with Crippen LogP contribution in [-0.2, 0) is 20.2 Å². The number of nitrogen functional groups attached to an aromatic ring is 2. The number of benzene rings is 2. The summed E-state index contributed by atoms with van der Waals surface area (Å²) in [6.45, 7) is 3.28. The standard InChI is InChI=1S/2C7H8ClNO3S.Ca/c2*1-4-6(8)2-5(3-7(4)9)13(10,11)12;/h2*2-3H,9H2,1H3,(H,10,11,12);/q;;+2/p-2. The van der Waals surface area contributed by atoms with Gasteiger partial charge in [-0.1, -0.05) is 23.2 Å². The molecule has 2 aromatic rings. The van der Waals surface area contributed by atoms with Crippen molar-refractivity contribution in [1.82, 2.24) is 0 Å². The van der Waals surface area contributed by atoms with Crippen LogP contribution in [0.25, 0.3) is 0 Å². The van der Waals surface area contributed by atoms with Crippen molar-refractivity contribution in [3.05, 3.63) is 45.4 Å². The molecular weight excluding hydrogens is 467 g/mol. The van der Waals surface area contributed by atoms with Crippen LogP contribution < -0.4 is 11.5 Å². The van der Waals surface area contributed by atoms with E-state index in [4.69, 9.17) is 34.7 Å². The molecule has 2 rings (SSSR count). The second-order valence-electron chi connectivity index (χ2n) is 5.15. The Morgan fingerprint density at radius 2 is 1.00 bits per heavy atom. The van der Waals surface area contributed by atoms with Gasteiger partial charge in [0.05, 0.1) is 9.79 Å². The van der Waals surface area contributed by atoms with Crippen LogP contribution in [0.1, 0.15) is 11.1 Å². The molecule has 0 unspecified atom stereocenters. The van der Waals surface area contributed by atoms with Crippen LogP contribution in [0.2, 0.25) is 10.0 Å². The van der Waals surface area contributed by atoms with E-state index >= 15 is 0 Å². The zero-order chi connectivity index (χ0) is 20.4. The van der Waals surface area contributed by atoms with E-state index in [9.17, 15) is 25.9 Å². The third kappa shape index (κ3) is 7.56. The average Bonchev–Trinajstić information content (AvgIpc) is 2.48. The van der Waals surface area contributed by atoms with Gasteiger partial charge in [-0.2, -0.15) is 0 Å². The van der Waals surface area contributed by atoms with Crippen molar-refractivity contribution < 1.29 is 25.9 Å². The number of hydrogen-bond donors (Lipinski definition) is 2. The summed E-state index contributed by atoms with van der Waals surface area (Å²) in [4.78, 5) is -0.804. The van der Waals surface area contributed by atoms with E-state index in [1.807, 2.05) is 0 Å². The molecule has 0 aliphatic rings. The van der Waals surface area contributed by atoms with E-state index in [0.29, 0.717) is 11.1 Å². The Balaban J connectivity index is 0.000000483. The van der Waals surface area contributed by atoms with Gasteiger partial charge in [0.25, 0.3) is 0 Å². The van der Waals surface area contributed by atoms with Crippen LogP contribution >= 0.6 is 23.2 Å². The van der Waals surface area contributed by atoms with E-state index in [-0.39, 0.29) is 59.2 Å². The molecular formula is C14H14CaCl2N2O6S2. The summed E-state index contributed by atoms with van der Waals surface area (Å²) >= 11 is 11.3. The fraction of sp³-hybridized carbons (Fsp3) is 0.143. The Hall–Kier alpha value is -0.300. The molecule has 0 radical (unpaired) electrons. The normalized spacial score (nSPS) is 11.2. The second-order valence-corrected chi connectivity index (χ2v) is 8.72. The van der Waals surface area contributed by atoms with Crippen molar-refractivity contribution in [2.45, 2.75) is 23.6 Å². The van der Waals surface area contributed by atoms with Gasteiger partial charge in [0, 0.05) is 21.4 Å². The maximum atomic E-state index is 10.6. The van der Waals surface area contributed by atoms with Gasteiger partial charge in [-0.15, -0.1) is 0 Å². The monoisotopic (exact) mass is 480 g/mol. The van der Waals surface area contributed by atoms with Crippen molar-refractivity contribution in [3.8, 4) is 0 Å². The van der Waals surface area contributed by atoms with E-state index in [1.54, 1.807) is 13.8 Å². The molecule has 0 aromatic heterocycles. The SMILES string of the molecule is Cc1c(N)cc(S(=O)(=O)[O-])cc1Cl.Cc1c(N)cc(S(=O)(=O)[O-])cc1Cl.[Ca+2]. The van der Waals surface area contributed by atoms with Gasteiger partial charge in [-0.25, -0.2) is 16.8 Å². The van der Waals surface area contributed by atoms with Gasteiger partial charge in [0.15, 0.2) is 0 Å². The molecule has 0 atom stereocenters. The minimum absolute atomic E-state index is 0. The topological polar surface area (TPSA) is 166 Å². The van der Waals surface area contributed by atoms with Crippen LogP contribution in [0.15, 0.2) is 34.1 Å². The quantitative estimate of drug-likeness (QED) is 0.373. The number of anilines is 2. The Bertz CT molecular complexity index is 928. The molecule has 0 heterocycles. The number of rotatable bonds is 2. The third-order valence-electron chi connectivity index (χ3n) is 3.29. The first-order valence-electron chi connectivity index (χ1n) is 6.67. The smallest absolute Gasteiger partial charge is 0.744 e. The molecule has 0 aliphatic carbocycles. The predicted octanol–water partition coefficient (Wildman–Crippen LogP) is 1.89. The van der Waals surface area contributed by atoms with Gasteiger partial charge in [-0.3, -0.25) is 0 Å². The second kappa shape index (κ2) is 9.95. The molecule has 0 saturated heterocycles. The fourth-order valence-electron chi connectivity index (χ4n) is 1.64. The molecule has 27 heavy (non-hydrogen) atoms. The van der Waals surface area contributed by atoms with Gasteiger partial charge in [0.1, 0.15) is 20.2 Å². The zero-order valence-electron chi connectivity index (χ0n) is 14.2. The van der Waals surface area contributed by atoms with Gasteiger partial charge in [0.2, 0.25) is 0 Å². The average molecular weight is 481 g/mol. The molecule has 0 fully saturated rings. The van der Waals surface area contributed by atoms with Crippen LogP contribution in [0.4, 0.5) is 11.4 Å². The number of hydrogen-bond acceptors (Lipinski definition) is 8. The Morgan fingerprint density at radius 1 is 0.741 bits per heavy atom. The first kappa shape index (κ1) is 26.7. The van der Waals surface area contributed by atoms with E-state index in [1.165, 1.54) is 0 Å². The molecule has 13 heteroatoms. The Kier molecular flexibility index (Phi) is 9.84. The fourth-order valence-corrected chi connectivity index (χ4v) is 3.29. The van der Waals surface area contributed by atoms with Gasteiger partial charge < -0.3 is 20.6 Å². The van der Waals surface area contributed by atoms with Crippen LogP contribution in [0, 0.1) is 13.8 Å². The largest absolute Gasteiger partial charge is 2.00 e. The molecule has 0 aliphatic heterocycles. The molecule has 4 N–H and O–H groups in total. The number of halogens is 2. The summed E-state index contributed by atoms with van der Waals surface area (Å²) in [6.07, 6.45) is 0. The van der Waals surface area contributed by atoms with Crippen molar-refractivity contribution >= 4 is 92.6 Å². The predicted molar refractivity (Wildman–Crippen MR) is 103 cm³/mol. The van der Waals surface area contributed by atoms with Crippen LogP contribution in [0.5, 0.6) is 0 Å². The molecule has 144 valence electrons. The summed E-state index contributed by atoms with van der Waals surface area (Å²) in [6, 6.07) is 4.39. The maximum absolute atomic E-state index is 10.6. The first-order valence-corrected chi connectivity index (χ1v) is 10.2. The van der Waals surface area contributed by atoms with Crippen molar-refractivity contribution in [2.75, 3.05) is 11.5 Å². The molecule has 0 saturated carbocycles. The minimum Gasteiger partial charge on any atom is -0.744 e. The van der Waals surface area contributed by atoms with E-state index < -0.39 is 30.0 Å². The molecule has 0 bridgehead atoms. The zero-order valence-corrected chi connectivity index (χ0v) is 19.5. The van der Waals surface area contributed by atoms with Crippen LogP contribution in [-0.4, -0.2) is 63.7 Å². The number of nitrogens with two attached hydrogens (primary N) is 2. The summed E-state index contributed by atoms with van der Waals surface area (Å²) < 4.78 is 63.5. The molecule has 0 amide bonds. The van der Waals surface area contributed by atoms with E-state index in [0.717, 1.165) is 24.3 Å². The summed E-state index contributed by atoms with van der Waals surface area (Å²) in [5, 5.41) is 0.351. The maximum Gasteiger partial charge on any atom is 2.00 e. The summed E-state index contributed by atoms with van der Waals surface area (Å²) in [7, 11) is -8.96. The first-order chi connectivity index (χ1) is 11.6. The molecule has 2 aromatic carbocycles. The minimum atomic E-state index is -4.48. The molecule has 8 nitrogen and oxygen atoms in total. The van der Waals surface area contributed by atoms with Gasteiger partial charge >= 0.3 is 37.7 Å². The third-order valence-corrected chi connectivity index (χ3v) is 5.70. The van der Waals surface area contributed by atoms with Crippen molar-refractivity contribution in [2.24, 2.45) is 0 Å².